The fraction of sp³-hybridized carbons (Fsp3) is 0.469. The molecule has 0 N–H and O–H groups in total. The number of carbonyl (C=O) groups is 3. The van der Waals surface area contributed by atoms with Gasteiger partial charge >= 0.3 is 12.1 Å². The molecule has 0 spiro atoms. The van der Waals surface area contributed by atoms with Crippen LogP contribution in [0.1, 0.15) is 62.5 Å². The summed E-state index contributed by atoms with van der Waals surface area (Å²) in [6, 6.07) is 15.4. The highest BCUT2D eigenvalue weighted by atomic mass is 16.6. The topological polar surface area (TPSA) is 76.2 Å². The molecule has 2 aliphatic rings. The number of esters is 1. The number of carbonyl (C=O) groups excluding carboxylic acids is 3. The van der Waals surface area contributed by atoms with Crippen LogP contribution in [0, 0.1) is 5.92 Å². The third-order valence-corrected chi connectivity index (χ3v) is 8.22. The summed E-state index contributed by atoms with van der Waals surface area (Å²) in [6.07, 6.45) is 6.02. The molecule has 7 heteroatoms. The zero-order chi connectivity index (χ0) is 27.9. The maximum absolute atomic E-state index is 13.8. The predicted molar refractivity (Wildman–Crippen MR) is 151 cm³/mol. The molecule has 208 valence electrons. The van der Waals surface area contributed by atoms with Gasteiger partial charge in [-0.25, -0.2) is 4.79 Å². The van der Waals surface area contributed by atoms with Gasteiger partial charge in [-0.3, -0.25) is 14.5 Å². The van der Waals surface area contributed by atoms with Crippen molar-refractivity contribution in [2.75, 3.05) is 27.3 Å². The summed E-state index contributed by atoms with van der Waals surface area (Å²) < 4.78 is 11.0. The van der Waals surface area contributed by atoms with Crippen LogP contribution >= 0.6 is 0 Å². The number of likely N-dealkylation sites (N-methyl/N-ethyl adjacent to an activating group) is 2. The molecule has 0 aromatic heterocycles. The smallest absolute Gasteiger partial charge is 0.410 e. The minimum Gasteiger partial charge on any atom is -0.461 e. The molecule has 4 rings (SSSR count). The number of hydrogen-bond donors (Lipinski definition) is 0. The molecule has 2 amide bonds. The van der Waals surface area contributed by atoms with Crippen LogP contribution in [0.3, 0.4) is 0 Å². The molecule has 0 heterocycles. The molecule has 0 radical (unpaired) electrons. The Kier molecular flexibility index (Phi) is 9.44. The highest BCUT2D eigenvalue weighted by molar-refractivity contribution is 5.86. The van der Waals surface area contributed by atoms with Gasteiger partial charge in [0.25, 0.3) is 0 Å². The molecular formula is C32H40N2O5. The summed E-state index contributed by atoms with van der Waals surface area (Å²) >= 11 is 0. The number of fused-ring (bicyclic) bond motifs is 3. The number of ether oxygens (including phenoxy) is 2. The van der Waals surface area contributed by atoms with Crippen LogP contribution in [0.5, 0.6) is 0 Å². The van der Waals surface area contributed by atoms with Gasteiger partial charge in [-0.1, -0.05) is 80.4 Å². The van der Waals surface area contributed by atoms with Crippen LogP contribution in [0.25, 0.3) is 11.1 Å². The van der Waals surface area contributed by atoms with Crippen LogP contribution in [0.15, 0.2) is 61.2 Å². The molecule has 1 saturated carbocycles. The zero-order valence-corrected chi connectivity index (χ0v) is 23.3. The lowest BCUT2D eigenvalue weighted by atomic mass is 9.82. The van der Waals surface area contributed by atoms with E-state index in [4.69, 9.17) is 9.47 Å². The first-order valence-electron chi connectivity index (χ1n) is 13.9. The van der Waals surface area contributed by atoms with Crippen LogP contribution < -0.4 is 0 Å². The van der Waals surface area contributed by atoms with Gasteiger partial charge in [-0.2, -0.15) is 0 Å². The normalized spacial score (nSPS) is 16.4. The lowest BCUT2D eigenvalue weighted by Gasteiger charge is -2.38. The monoisotopic (exact) mass is 532 g/mol. The Bertz CT molecular complexity index is 1140. The molecule has 2 aliphatic carbocycles. The highest BCUT2D eigenvalue weighted by Gasteiger charge is 2.39. The van der Waals surface area contributed by atoms with E-state index in [1.165, 1.54) is 22.1 Å². The third kappa shape index (κ3) is 6.35. The summed E-state index contributed by atoms with van der Waals surface area (Å²) in [5.74, 6) is -0.579. The van der Waals surface area contributed by atoms with E-state index in [1.54, 1.807) is 19.0 Å². The Morgan fingerprint density at radius 3 is 2.10 bits per heavy atom. The van der Waals surface area contributed by atoms with Gasteiger partial charge in [0.2, 0.25) is 5.91 Å². The quantitative estimate of drug-likeness (QED) is 0.286. The van der Waals surface area contributed by atoms with Gasteiger partial charge in [0.05, 0.1) is 6.42 Å². The number of hydrogen-bond acceptors (Lipinski definition) is 5. The molecule has 39 heavy (non-hydrogen) atoms. The Morgan fingerprint density at radius 2 is 1.51 bits per heavy atom. The highest BCUT2D eigenvalue weighted by Crippen LogP contribution is 2.44. The van der Waals surface area contributed by atoms with Crippen molar-refractivity contribution in [3.8, 4) is 11.1 Å². The fourth-order valence-electron chi connectivity index (χ4n) is 5.96. The standard InChI is InChI=1S/C32H40N2O5/c1-5-19-38-29(35)20-22(2)33(3)31(36)30(23-13-7-6-8-14-23)34(4)32(37)39-21-28-26-17-11-9-15-24(26)25-16-10-12-18-27(25)28/h5,9-12,15-18,22-23,28,30H,1,6-8,13-14,19-21H2,2-4H3/t22-,30+/m1/s1. The lowest BCUT2D eigenvalue weighted by Crippen LogP contribution is -2.54. The van der Waals surface area contributed by atoms with E-state index in [0.717, 1.165) is 43.2 Å². The van der Waals surface area contributed by atoms with Crippen molar-refractivity contribution in [3.05, 3.63) is 72.3 Å². The SMILES string of the molecule is C=CCOC(=O)C[C@@H](C)N(C)C(=O)[C@H](C1CCCCC1)N(C)C(=O)OCC1c2ccccc2-c2ccccc21. The van der Waals surface area contributed by atoms with Crippen molar-refractivity contribution in [3.63, 3.8) is 0 Å². The summed E-state index contributed by atoms with van der Waals surface area (Å²) in [4.78, 5) is 42.5. The molecule has 0 bridgehead atoms. The number of amides is 2. The largest absolute Gasteiger partial charge is 0.461 e. The second-order valence-electron chi connectivity index (χ2n) is 10.7. The van der Waals surface area contributed by atoms with E-state index < -0.39 is 12.1 Å². The van der Waals surface area contributed by atoms with Crippen molar-refractivity contribution in [1.82, 2.24) is 9.80 Å². The van der Waals surface area contributed by atoms with Crippen LogP contribution in [0.2, 0.25) is 0 Å². The maximum Gasteiger partial charge on any atom is 0.410 e. The number of benzene rings is 2. The minimum absolute atomic E-state index is 0.0408. The summed E-state index contributed by atoms with van der Waals surface area (Å²) in [6.45, 7) is 5.71. The van der Waals surface area contributed by atoms with Crippen LogP contribution in [-0.2, 0) is 19.1 Å². The molecule has 0 aliphatic heterocycles. The molecule has 2 aromatic carbocycles. The van der Waals surface area contributed by atoms with Gasteiger partial charge in [-0.15, -0.1) is 0 Å². The zero-order valence-electron chi connectivity index (χ0n) is 23.3. The second kappa shape index (κ2) is 13.0. The Balaban J connectivity index is 1.47. The molecular weight excluding hydrogens is 492 g/mol. The van der Waals surface area contributed by atoms with Crippen molar-refractivity contribution < 1.29 is 23.9 Å². The van der Waals surface area contributed by atoms with Gasteiger partial charge in [-0.05, 0) is 47.9 Å². The van der Waals surface area contributed by atoms with Gasteiger partial charge in [0, 0.05) is 26.1 Å². The van der Waals surface area contributed by atoms with Crippen molar-refractivity contribution in [1.29, 1.82) is 0 Å². The summed E-state index contributed by atoms with van der Waals surface area (Å²) in [5.41, 5.74) is 4.62. The van der Waals surface area contributed by atoms with E-state index in [2.05, 4.69) is 30.8 Å². The maximum atomic E-state index is 13.8. The van der Waals surface area contributed by atoms with Crippen molar-refractivity contribution in [2.45, 2.75) is 63.5 Å². The van der Waals surface area contributed by atoms with E-state index in [9.17, 15) is 14.4 Å². The first-order chi connectivity index (χ1) is 18.8. The van der Waals surface area contributed by atoms with Crippen LogP contribution in [0.4, 0.5) is 4.79 Å². The van der Waals surface area contributed by atoms with E-state index in [-0.39, 0.29) is 49.4 Å². The van der Waals surface area contributed by atoms with Gasteiger partial charge < -0.3 is 14.4 Å². The van der Waals surface area contributed by atoms with Gasteiger partial charge in [0.1, 0.15) is 19.3 Å². The molecule has 0 saturated heterocycles. The minimum atomic E-state index is -0.655. The second-order valence-corrected chi connectivity index (χ2v) is 10.7. The average molecular weight is 533 g/mol. The lowest BCUT2D eigenvalue weighted by molar-refractivity contribution is -0.146. The van der Waals surface area contributed by atoms with E-state index in [1.807, 2.05) is 31.2 Å². The molecule has 2 aromatic rings. The fourth-order valence-corrected chi connectivity index (χ4v) is 5.96. The Morgan fingerprint density at radius 1 is 0.923 bits per heavy atom. The van der Waals surface area contributed by atoms with Crippen molar-refractivity contribution in [2.24, 2.45) is 5.92 Å². The van der Waals surface area contributed by atoms with Gasteiger partial charge in [0.15, 0.2) is 0 Å². The van der Waals surface area contributed by atoms with Crippen LogP contribution in [-0.4, -0.2) is 67.2 Å². The Hall–Kier alpha value is -3.61. The first kappa shape index (κ1) is 28.4. The molecule has 0 unspecified atom stereocenters. The summed E-state index contributed by atoms with van der Waals surface area (Å²) in [7, 11) is 3.35. The summed E-state index contributed by atoms with van der Waals surface area (Å²) in [5, 5.41) is 0. The van der Waals surface area contributed by atoms with E-state index >= 15 is 0 Å². The van der Waals surface area contributed by atoms with E-state index in [0.29, 0.717) is 0 Å². The predicted octanol–water partition coefficient (Wildman–Crippen LogP) is 5.78. The first-order valence-corrected chi connectivity index (χ1v) is 13.9. The molecule has 7 nitrogen and oxygen atoms in total. The Labute approximate surface area is 231 Å². The average Bonchev–Trinajstić information content (AvgIpc) is 3.28. The molecule has 1 fully saturated rings. The number of rotatable bonds is 10. The third-order valence-electron chi connectivity index (χ3n) is 8.22. The van der Waals surface area contributed by atoms with Crippen molar-refractivity contribution >= 4 is 18.0 Å². The number of nitrogens with zero attached hydrogens (tertiary/aromatic N) is 2. The molecule has 2 atom stereocenters.